The molecule has 0 spiro atoms. The summed E-state index contributed by atoms with van der Waals surface area (Å²) in [6.07, 6.45) is 5.82. The first-order valence-corrected chi connectivity index (χ1v) is 13.3. The minimum absolute atomic E-state index is 0.0900. The zero-order valence-electron chi connectivity index (χ0n) is 21.6. The lowest BCUT2D eigenvalue weighted by Gasteiger charge is -2.35. The Balaban J connectivity index is 1.37. The van der Waals surface area contributed by atoms with Gasteiger partial charge in [0.05, 0.1) is 18.6 Å². The largest absolute Gasteiger partial charge is 0.497 e. The average molecular weight is 502 g/mol. The Morgan fingerprint density at radius 3 is 2.40 bits per heavy atom. The van der Waals surface area contributed by atoms with Gasteiger partial charge in [0.1, 0.15) is 16.7 Å². The third-order valence-electron chi connectivity index (χ3n) is 6.61. The molecule has 8 nitrogen and oxygen atoms in total. The van der Waals surface area contributed by atoms with Crippen molar-refractivity contribution in [2.45, 2.75) is 31.6 Å². The van der Waals surface area contributed by atoms with Crippen molar-refractivity contribution in [2.75, 3.05) is 65.4 Å². The summed E-state index contributed by atoms with van der Waals surface area (Å²) in [4.78, 5) is 21.7. The number of benzene rings is 1. The van der Waals surface area contributed by atoms with E-state index in [0.29, 0.717) is 19.0 Å². The van der Waals surface area contributed by atoms with Crippen LogP contribution in [0.4, 0.5) is 5.69 Å². The maximum Gasteiger partial charge on any atom is 0.236 e. The fraction of sp³-hybridized carbons (Fsp3) is 0.538. The molecular weight excluding hydrogens is 462 g/mol. The monoisotopic (exact) mass is 501 g/mol. The van der Waals surface area contributed by atoms with Crippen LogP contribution in [0, 0.1) is 19.8 Å². The first-order valence-electron chi connectivity index (χ1n) is 12.2. The van der Waals surface area contributed by atoms with Crippen molar-refractivity contribution < 1.29 is 13.7 Å². The van der Waals surface area contributed by atoms with E-state index >= 15 is 0 Å². The van der Waals surface area contributed by atoms with Gasteiger partial charge >= 0.3 is 0 Å². The Kier molecular flexibility index (Phi) is 10.1. The molecule has 1 atom stereocenters. The number of amides is 1. The van der Waals surface area contributed by atoms with Gasteiger partial charge in [0.2, 0.25) is 5.91 Å². The highest BCUT2D eigenvalue weighted by Gasteiger charge is 2.22. The van der Waals surface area contributed by atoms with Crippen LogP contribution in [0.3, 0.4) is 0 Å². The molecule has 0 bridgehead atoms. The van der Waals surface area contributed by atoms with E-state index in [9.17, 15) is 9.00 Å². The summed E-state index contributed by atoms with van der Waals surface area (Å²) >= 11 is 0. The van der Waals surface area contributed by atoms with E-state index in [-0.39, 0.29) is 12.5 Å². The van der Waals surface area contributed by atoms with Crippen molar-refractivity contribution in [1.82, 2.24) is 19.5 Å². The van der Waals surface area contributed by atoms with E-state index in [1.165, 1.54) is 5.69 Å². The molecule has 35 heavy (non-hydrogen) atoms. The number of carbonyl (C=O) groups is 1. The number of nitrogens with zero attached hydrogens (tertiary/aromatic N) is 4. The van der Waals surface area contributed by atoms with Crippen LogP contribution in [0.15, 0.2) is 41.6 Å². The van der Waals surface area contributed by atoms with Gasteiger partial charge in [-0.15, -0.1) is 0 Å². The average Bonchev–Trinajstić information content (AvgIpc) is 2.86. The fourth-order valence-corrected chi connectivity index (χ4v) is 5.76. The molecule has 2 heterocycles. The molecule has 9 heteroatoms. The van der Waals surface area contributed by atoms with Gasteiger partial charge in [-0.05, 0) is 68.0 Å². The van der Waals surface area contributed by atoms with Crippen LogP contribution in [-0.2, 0) is 15.8 Å². The van der Waals surface area contributed by atoms with Crippen LogP contribution in [0.2, 0.25) is 0 Å². The molecule has 1 unspecified atom stereocenters. The molecule has 2 aromatic rings. The molecule has 1 aliphatic heterocycles. The molecule has 192 valence electrons. The van der Waals surface area contributed by atoms with E-state index in [1.54, 1.807) is 11.4 Å². The number of nitrogens with one attached hydrogen (secondary N) is 1. The van der Waals surface area contributed by atoms with Crippen LogP contribution in [0.25, 0.3) is 0 Å². The minimum Gasteiger partial charge on any atom is -0.497 e. The second-order valence-electron chi connectivity index (χ2n) is 9.28. The SMILES string of the molecule is COc1cc(C)c(S(=O)N(C)CCNCC(=O)N(C)CC2CCN(c3ccncc3)CC2)c(C)c1. The van der Waals surface area contributed by atoms with Gasteiger partial charge < -0.3 is 19.9 Å². The van der Waals surface area contributed by atoms with Gasteiger partial charge in [-0.1, -0.05) is 0 Å². The standard InChI is InChI=1S/C26H39N5O3S/c1-20-16-24(34-5)17-21(2)26(20)35(33)30(4)15-12-28-18-25(32)29(3)19-22-8-13-31(14-9-22)23-6-10-27-11-7-23/h6-7,10-11,16-17,22,28H,8-9,12-15,18-19H2,1-5H3. The third kappa shape index (κ3) is 7.49. The Labute approximate surface area is 212 Å². The van der Waals surface area contributed by atoms with Gasteiger partial charge in [0.25, 0.3) is 0 Å². The summed E-state index contributed by atoms with van der Waals surface area (Å²) in [6, 6.07) is 7.91. The minimum atomic E-state index is -1.27. The van der Waals surface area contributed by atoms with E-state index in [2.05, 4.69) is 15.2 Å². The number of piperidine rings is 1. The lowest BCUT2D eigenvalue weighted by Crippen LogP contribution is -2.43. The van der Waals surface area contributed by atoms with Crippen LogP contribution in [0.1, 0.15) is 24.0 Å². The van der Waals surface area contributed by atoms with Gasteiger partial charge in [0.15, 0.2) is 0 Å². The summed E-state index contributed by atoms with van der Waals surface area (Å²) in [7, 11) is 4.09. The lowest BCUT2D eigenvalue weighted by atomic mass is 9.96. The first-order chi connectivity index (χ1) is 16.8. The molecule has 3 rings (SSSR count). The van der Waals surface area contributed by atoms with E-state index in [0.717, 1.165) is 54.2 Å². The van der Waals surface area contributed by atoms with Crippen LogP contribution >= 0.6 is 0 Å². The fourth-order valence-electron chi connectivity index (χ4n) is 4.53. The maximum absolute atomic E-state index is 13.0. The number of likely N-dealkylation sites (N-methyl/N-ethyl adjacent to an activating group) is 2. The lowest BCUT2D eigenvalue weighted by molar-refractivity contribution is -0.129. The second kappa shape index (κ2) is 13.0. The van der Waals surface area contributed by atoms with Gasteiger partial charge in [-0.3, -0.25) is 9.78 Å². The van der Waals surface area contributed by atoms with Crippen molar-refractivity contribution >= 4 is 22.6 Å². The smallest absolute Gasteiger partial charge is 0.236 e. The van der Waals surface area contributed by atoms with Crippen molar-refractivity contribution in [1.29, 1.82) is 0 Å². The van der Waals surface area contributed by atoms with E-state index in [1.807, 2.05) is 69.5 Å². The number of pyridine rings is 1. The molecule has 1 aromatic carbocycles. The first kappa shape index (κ1) is 27.1. The Bertz CT molecular complexity index is 973. The number of ether oxygens (including phenoxy) is 1. The molecule has 1 aliphatic rings. The molecule has 1 saturated heterocycles. The van der Waals surface area contributed by atoms with Crippen LogP contribution < -0.4 is 15.0 Å². The summed E-state index contributed by atoms with van der Waals surface area (Å²) in [6.45, 7) is 8.14. The maximum atomic E-state index is 13.0. The number of aryl methyl sites for hydroxylation is 2. The highest BCUT2D eigenvalue weighted by atomic mass is 32.2. The molecule has 1 fully saturated rings. The van der Waals surface area contributed by atoms with Gasteiger partial charge in [-0.25, -0.2) is 8.51 Å². The Morgan fingerprint density at radius 2 is 1.80 bits per heavy atom. The summed E-state index contributed by atoms with van der Waals surface area (Å²) in [5.74, 6) is 1.38. The number of anilines is 1. The van der Waals surface area contributed by atoms with Gasteiger partial charge in [0, 0.05) is 64.9 Å². The summed E-state index contributed by atoms with van der Waals surface area (Å²) < 4.78 is 20.1. The molecule has 0 aliphatic carbocycles. The molecule has 1 aromatic heterocycles. The zero-order chi connectivity index (χ0) is 25.4. The van der Waals surface area contributed by atoms with Crippen molar-refractivity contribution in [3.8, 4) is 5.75 Å². The highest BCUT2D eigenvalue weighted by molar-refractivity contribution is 7.82. The van der Waals surface area contributed by atoms with E-state index < -0.39 is 11.0 Å². The second-order valence-corrected chi connectivity index (χ2v) is 10.8. The molecule has 1 amide bonds. The number of aromatic nitrogens is 1. The number of carbonyl (C=O) groups excluding carboxylic acids is 1. The number of methoxy groups -OCH3 is 1. The molecular formula is C26H39N5O3S. The van der Waals surface area contributed by atoms with E-state index in [4.69, 9.17) is 4.74 Å². The van der Waals surface area contributed by atoms with Crippen LogP contribution in [0.5, 0.6) is 5.75 Å². The quantitative estimate of drug-likeness (QED) is 0.477. The predicted octanol–water partition coefficient (Wildman–Crippen LogP) is 2.63. The Hall–Kier alpha value is -2.49. The molecule has 1 N–H and O–H groups in total. The molecule has 0 radical (unpaired) electrons. The predicted molar refractivity (Wildman–Crippen MR) is 141 cm³/mol. The number of hydrogen-bond acceptors (Lipinski definition) is 6. The third-order valence-corrected chi connectivity index (χ3v) is 8.35. The van der Waals surface area contributed by atoms with Gasteiger partial charge in [-0.2, -0.15) is 0 Å². The summed E-state index contributed by atoms with van der Waals surface area (Å²) in [5.41, 5.74) is 3.11. The van der Waals surface area contributed by atoms with Crippen LogP contribution in [-0.4, -0.2) is 84.8 Å². The zero-order valence-corrected chi connectivity index (χ0v) is 22.4. The topological polar surface area (TPSA) is 78.0 Å². The number of hydrogen-bond donors (Lipinski definition) is 1. The highest BCUT2D eigenvalue weighted by Crippen LogP contribution is 2.26. The van der Waals surface area contributed by atoms with Crippen molar-refractivity contribution in [2.24, 2.45) is 5.92 Å². The Morgan fingerprint density at radius 1 is 1.17 bits per heavy atom. The summed E-state index contributed by atoms with van der Waals surface area (Å²) in [5, 5.41) is 3.22. The van der Waals surface area contributed by atoms with Crippen molar-refractivity contribution in [3.63, 3.8) is 0 Å². The molecule has 0 saturated carbocycles. The normalized spacial score (nSPS) is 15.3. The number of rotatable bonds is 11. The van der Waals surface area contributed by atoms with Crippen molar-refractivity contribution in [3.05, 3.63) is 47.8 Å².